The molecule has 0 saturated carbocycles. The molecule has 0 bridgehead atoms. The Morgan fingerprint density at radius 3 is 2.68 bits per heavy atom. The van der Waals surface area contributed by atoms with Crippen LogP contribution in [0.5, 0.6) is 5.88 Å². The fourth-order valence-corrected chi connectivity index (χ4v) is 4.77. The Morgan fingerprint density at radius 1 is 1.13 bits per heavy atom. The lowest BCUT2D eigenvalue weighted by Gasteiger charge is -2.36. The van der Waals surface area contributed by atoms with Gasteiger partial charge in [0.25, 0.3) is 11.5 Å². The maximum Gasteiger partial charge on any atom is 0.263 e. The summed E-state index contributed by atoms with van der Waals surface area (Å²) in [5.41, 5.74) is 4.97. The average molecular weight is 519 g/mol. The number of hydrogen-bond donors (Lipinski definition) is 4. The zero-order chi connectivity index (χ0) is 26.8. The van der Waals surface area contributed by atoms with Gasteiger partial charge in [0.2, 0.25) is 5.88 Å². The average Bonchev–Trinajstić information content (AvgIpc) is 2.91. The van der Waals surface area contributed by atoms with E-state index in [1.54, 1.807) is 12.3 Å². The predicted molar refractivity (Wildman–Crippen MR) is 152 cm³/mol. The fourth-order valence-electron chi connectivity index (χ4n) is 4.77. The number of aromatic nitrogens is 2. The predicted octanol–water partition coefficient (Wildman–Crippen LogP) is 2.70. The molecule has 1 saturated heterocycles. The molecule has 11 nitrogen and oxygen atoms in total. The van der Waals surface area contributed by atoms with E-state index in [0.29, 0.717) is 36.1 Å². The number of piperazine rings is 1. The second-order valence-corrected chi connectivity index (χ2v) is 9.82. The molecular weight excluding hydrogens is 484 g/mol. The molecule has 4 heterocycles. The Bertz CT molecular complexity index is 1400. The van der Waals surface area contributed by atoms with E-state index in [0.717, 1.165) is 48.8 Å². The van der Waals surface area contributed by atoms with Crippen molar-refractivity contribution in [3.8, 4) is 5.88 Å². The van der Waals surface area contributed by atoms with Crippen LogP contribution in [0.3, 0.4) is 0 Å². The van der Waals surface area contributed by atoms with Crippen molar-refractivity contribution in [1.82, 2.24) is 14.9 Å². The van der Waals surface area contributed by atoms with Gasteiger partial charge in [-0.15, -0.1) is 0 Å². The van der Waals surface area contributed by atoms with Crippen LogP contribution in [0.1, 0.15) is 15.9 Å². The molecule has 2 aliphatic rings. The number of benzene rings is 1. The van der Waals surface area contributed by atoms with E-state index in [9.17, 15) is 9.59 Å². The highest BCUT2D eigenvalue weighted by atomic mass is 16.5. The number of likely N-dealkylation sites (N-methyl/N-ethyl adjacent to an activating group) is 1. The quantitative estimate of drug-likeness (QED) is 0.391. The molecule has 200 valence electrons. The first-order valence-electron chi connectivity index (χ1n) is 12.7. The number of aromatic amines is 1. The van der Waals surface area contributed by atoms with Gasteiger partial charge in [-0.05, 0) is 38.2 Å². The second kappa shape index (κ2) is 10.6. The molecule has 0 atom stereocenters. The summed E-state index contributed by atoms with van der Waals surface area (Å²) in [6.45, 7) is 7.05. The SMILES string of the molecule is Cc1c(Nc2cc[nH]c(=O)c2C(=O)Nc2ccc(N3CCN(C)CC3)c(N(C)C)c2)cnc2c1NCCO2. The summed E-state index contributed by atoms with van der Waals surface area (Å²) in [5.74, 6) is 0.0383. The van der Waals surface area contributed by atoms with Crippen molar-refractivity contribution in [1.29, 1.82) is 0 Å². The number of nitrogens with one attached hydrogen (secondary N) is 4. The molecular formula is C27H34N8O3. The molecule has 11 heteroatoms. The molecule has 1 amide bonds. The van der Waals surface area contributed by atoms with E-state index in [4.69, 9.17) is 4.74 Å². The van der Waals surface area contributed by atoms with Crippen molar-refractivity contribution in [3.63, 3.8) is 0 Å². The van der Waals surface area contributed by atoms with Crippen molar-refractivity contribution in [2.45, 2.75) is 6.92 Å². The summed E-state index contributed by atoms with van der Waals surface area (Å²) < 4.78 is 5.61. The maximum atomic E-state index is 13.4. The Morgan fingerprint density at radius 2 is 1.92 bits per heavy atom. The van der Waals surface area contributed by atoms with Crippen molar-refractivity contribution >= 4 is 40.0 Å². The molecule has 0 aliphatic carbocycles. The number of fused-ring (bicyclic) bond motifs is 1. The number of ether oxygens (including phenoxy) is 1. The lowest BCUT2D eigenvalue weighted by atomic mass is 10.1. The van der Waals surface area contributed by atoms with Crippen LogP contribution in [0, 0.1) is 6.92 Å². The molecule has 38 heavy (non-hydrogen) atoms. The van der Waals surface area contributed by atoms with E-state index in [2.05, 4.69) is 42.8 Å². The van der Waals surface area contributed by atoms with Gasteiger partial charge in [-0.25, -0.2) is 4.98 Å². The molecule has 4 N–H and O–H groups in total. The lowest BCUT2D eigenvalue weighted by Crippen LogP contribution is -2.44. The van der Waals surface area contributed by atoms with Crippen LogP contribution in [0.4, 0.5) is 34.1 Å². The normalized spacial score (nSPS) is 15.2. The summed E-state index contributed by atoms with van der Waals surface area (Å²) in [6.07, 6.45) is 3.16. The number of rotatable bonds is 6. The number of carbonyl (C=O) groups is 1. The van der Waals surface area contributed by atoms with E-state index in [-0.39, 0.29) is 5.56 Å². The number of hydrogen-bond acceptors (Lipinski definition) is 9. The third-order valence-corrected chi connectivity index (χ3v) is 6.96. The highest BCUT2D eigenvalue weighted by molar-refractivity contribution is 6.08. The third-order valence-electron chi connectivity index (χ3n) is 6.96. The van der Waals surface area contributed by atoms with Gasteiger partial charge in [0.1, 0.15) is 17.9 Å². The van der Waals surface area contributed by atoms with Crippen molar-refractivity contribution < 1.29 is 9.53 Å². The van der Waals surface area contributed by atoms with Gasteiger partial charge in [-0.1, -0.05) is 0 Å². The number of nitrogens with zero attached hydrogens (tertiary/aromatic N) is 4. The molecule has 3 aromatic rings. The Hall–Kier alpha value is -4.25. The van der Waals surface area contributed by atoms with Crippen LogP contribution < -0.4 is 36.0 Å². The van der Waals surface area contributed by atoms with Gasteiger partial charge in [0.15, 0.2) is 0 Å². The molecule has 0 radical (unpaired) electrons. The Kier molecular flexibility index (Phi) is 7.10. The standard InChI is InChI=1S/C27H34N8O3/c1-17-20(16-30-27-24(17)28-9-14-38-27)32-19-7-8-29-25(36)23(19)26(37)31-18-5-6-21(22(15-18)33(2)3)35-12-10-34(4)11-13-35/h5-8,15-16,28H,9-14H2,1-4H3,(H,31,37)(H2,29,32,36). The lowest BCUT2D eigenvalue weighted by molar-refractivity contribution is 0.102. The maximum absolute atomic E-state index is 13.4. The molecule has 2 aromatic heterocycles. The van der Waals surface area contributed by atoms with Gasteiger partial charge >= 0.3 is 0 Å². The van der Waals surface area contributed by atoms with Gasteiger partial charge in [-0.3, -0.25) is 9.59 Å². The first-order valence-corrected chi connectivity index (χ1v) is 12.7. The van der Waals surface area contributed by atoms with Crippen molar-refractivity contribution in [3.05, 3.63) is 58.1 Å². The molecule has 0 spiro atoms. The van der Waals surface area contributed by atoms with E-state index >= 15 is 0 Å². The molecule has 0 unspecified atom stereocenters. The highest BCUT2D eigenvalue weighted by Gasteiger charge is 2.22. The van der Waals surface area contributed by atoms with Crippen LogP contribution in [0.2, 0.25) is 0 Å². The Balaban J connectivity index is 1.40. The van der Waals surface area contributed by atoms with Crippen LogP contribution in [0.15, 0.2) is 41.5 Å². The second-order valence-electron chi connectivity index (χ2n) is 9.82. The first-order chi connectivity index (χ1) is 18.3. The molecule has 2 aliphatic heterocycles. The summed E-state index contributed by atoms with van der Waals surface area (Å²) in [5, 5.41) is 9.45. The smallest absolute Gasteiger partial charge is 0.263 e. The molecule has 1 aromatic carbocycles. The van der Waals surface area contributed by atoms with Gasteiger partial charge in [0.05, 0.1) is 28.9 Å². The minimum Gasteiger partial charge on any atom is -0.474 e. The summed E-state index contributed by atoms with van der Waals surface area (Å²) in [6, 6.07) is 7.52. The zero-order valence-corrected chi connectivity index (χ0v) is 22.2. The summed E-state index contributed by atoms with van der Waals surface area (Å²) in [4.78, 5) is 39.9. The van der Waals surface area contributed by atoms with Crippen LogP contribution >= 0.6 is 0 Å². The largest absolute Gasteiger partial charge is 0.474 e. The van der Waals surface area contributed by atoms with Crippen molar-refractivity contribution in [2.24, 2.45) is 0 Å². The highest BCUT2D eigenvalue weighted by Crippen LogP contribution is 2.35. The van der Waals surface area contributed by atoms with Gasteiger partial charge in [-0.2, -0.15) is 0 Å². The topological polar surface area (TPSA) is 118 Å². The van der Waals surface area contributed by atoms with E-state index in [1.807, 2.05) is 44.1 Å². The van der Waals surface area contributed by atoms with Gasteiger partial charge < -0.3 is 40.4 Å². The van der Waals surface area contributed by atoms with Gasteiger partial charge in [0, 0.05) is 64.3 Å². The zero-order valence-electron chi connectivity index (χ0n) is 22.2. The minimum absolute atomic E-state index is 0.0108. The first kappa shape index (κ1) is 25.4. The Labute approximate surface area is 221 Å². The number of anilines is 6. The van der Waals surface area contributed by atoms with Crippen molar-refractivity contribution in [2.75, 3.05) is 86.2 Å². The number of H-pyrrole nitrogens is 1. The number of pyridine rings is 2. The van der Waals surface area contributed by atoms with Crippen LogP contribution in [0.25, 0.3) is 0 Å². The van der Waals surface area contributed by atoms with Crippen LogP contribution in [-0.2, 0) is 0 Å². The summed E-state index contributed by atoms with van der Waals surface area (Å²) in [7, 11) is 6.10. The monoisotopic (exact) mass is 518 g/mol. The third kappa shape index (κ3) is 5.10. The summed E-state index contributed by atoms with van der Waals surface area (Å²) >= 11 is 0. The molecule has 1 fully saturated rings. The minimum atomic E-state index is -0.503. The van der Waals surface area contributed by atoms with E-state index in [1.165, 1.54) is 6.20 Å². The molecule has 5 rings (SSSR count). The van der Waals surface area contributed by atoms with Crippen LogP contribution in [-0.4, -0.2) is 81.2 Å². The number of carbonyl (C=O) groups excluding carboxylic acids is 1. The fraction of sp³-hybridized carbons (Fsp3) is 0.370. The number of amides is 1. The van der Waals surface area contributed by atoms with E-state index < -0.39 is 11.5 Å².